The molecule has 2 aromatic carbocycles. The van der Waals surface area contributed by atoms with Crippen molar-refractivity contribution < 1.29 is 18.1 Å². The summed E-state index contributed by atoms with van der Waals surface area (Å²) in [4.78, 5) is 19.9. The number of rotatable bonds is 3. The number of nitro benzene ring substituents is 1. The summed E-state index contributed by atoms with van der Waals surface area (Å²) in [5.41, 5.74) is 1.43. The van der Waals surface area contributed by atoms with Gasteiger partial charge < -0.3 is 4.98 Å². The van der Waals surface area contributed by atoms with E-state index >= 15 is 0 Å². The van der Waals surface area contributed by atoms with E-state index in [4.69, 9.17) is 0 Å². The SMILES string of the molecule is O=[N+]([O-])c1ccc(C=Nc2ccc3nc(C(F)(F)F)[nH]c3c2)cc1. The van der Waals surface area contributed by atoms with Gasteiger partial charge in [0.05, 0.1) is 21.6 Å². The standard InChI is InChI=1S/C15H9F3N4O2/c16-15(17,18)14-20-12-6-3-10(7-13(12)21-14)19-8-9-1-4-11(5-2-9)22(23)24/h1-8H,(H,20,21). The van der Waals surface area contributed by atoms with Crippen LogP contribution in [0.4, 0.5) is 24.5 Å². The van der Waals surface area contributed by atoms with Crippen molar-refractivity contribution in [1.29, 1.82) is 0 Å². The minimum absolute atomic E-state index is 0.0364. The number of nitro groups is 1. The quantitative estimate of drug-likeness (QED) is 0.442. The highest BCUT2D eigenvalue weighted by Gasteiger charge is 2.34. The van der Waals surface area contributed by atoms with Crippen LogP contribution in [0.2, 0.25) is 0 Å². The Hall–Kier alpha value is -3.23. The summed E-state index contributed by atoms with van der Waals surface area (Å²) in [5.74, 6) is -1.06. The van der Waals surface area contributed by atoms with Crippen molar-refractivity contribution in [2.45, 2.75) is 6.18 Å². The zero-order chi connectivity index (χ0) is 17.3. The maximum Gasteiger partial charge on any atom is 0.449 e. The number of hydrogen-bond acceptors (Lipinski definition) is 4. The highest BCUT2D eigenvalue weighted by molar-refractivity contribution is 5.84. The number of hydrogen-bond donors (Lipinski definition) is 1. The van der Waals surface area contributed by atoms with Gasteiger partial charge in [0.1, 0.15) is 0 Å². The van der Waals surface area contributed by atoms with Crippen LogP contribution in [-0.2, 0) is 6.18 Å². The van der Waals surface area contributed by atoms with E-state index in [2.05, 4.69) is 15.0 Å². The second kappa shape index (κ2) is 5.76. The number of fused-ring (bicyclic) bond motifs is 1. The average molecular weight is 334 g/mol. The Morgan fingerprint density at radius 2 is 1.88 bits per heavy atom. The van der Waals surface area contributed by atoms with Gasteiger partial charge in [-0.2, -0.15) is 13.2 Å². The van der Waals surface area contributed by atoms with Crippen molar-refractivity contribution >= 4 is 28.6 Å². The Morgan fingerprint density at radius 1 is 1.17 bits per heavy atom. The Labute approximate surface area is 132 Å². The van der Waals surface area contributed by atoms with Crippen molar-refractivity contribution in [1.82, 2.24) is 9.97 Å². The number of non-ortho nitro benzene ring substituents is 1. The largest absolute Gasteiger partial charge is 0.449 e. The lowest BCUT2D eigenvalue weighted by Gasteiger charge is -1.99. The van der Waals surface area contributed by atoms with Gasteiger partial charge in [-0.3, -0.25) is 15.1 Å². The summed E-state index contributed by atoms with van der Waals surface area (Å²) in [7, 11) is 0. The first kappa shape index (κ1) is 15.7. The van der Waals surface area contributed by atoms with Gasteiger partial charge in [0.2, 0.25) is 5.82 Å². The third kappa shape index (κ3) is 3.24. The molecule has 0 amide bonds. The molecular weight excluding hydrogens is 325 g/mol. The fraction of sp³-hybridized carbons (Fsp3) is 0.0667. The van der Waals surface area contributed by atoms with Crippen LogP contribution in [-0.4, -0.2) is 21.1 Å². The fourth-order valence-corrected chi connectivity index (χ4v) is 2.04. The van der Waals surface area contributed by atoms with E-state index in [0.29, 0.717) is 11.3 Å². The maximum atomic E-state index is 12.6. The fourth-order valence-electron chi connectivity index (χ4n) is 2.04. The molecule has 0 radical (unpaired) electrons. The molecule has 0 unspecified atom stereocenters. The Bertz CT molecular complexity index is 930. The number of aliphatic imine (C=N–C) groups is 1. The van der Waals surface area contributed by atoms with E-state index in [-0.39, 0.29) is 16.7 Å². The zero-order valence-corrected chi connectivity index (χ0v) is 11.9. The monoisotopic (exact) mass is 334 g/mol. The van der Waals surface area contributed by atoms with Gasteiger partial charge in [-0.15, -0.1) is 0 Å². The molecule has 1 N–H and O–H groups in total. The molecule has 1 heterocycles. The molecule has 0 saturated heterocycles. The van der Waals surface area contributed by atoms with E-state index in [1.807, 2.05) is 0 Å². The van der Waals surface area contributed by atoms with E-state index in [1.54, 1.807) is 0 Å². The van der Waals surface area contributed by atoms with Crippen molar-refractivity contribution in [2.24, 2.45) is 4.99 Å². The molecule has 0 fully saturated rings. The predicted octanol–water partition coefficient (Wildman–Crippen LogP) is 4.24. The molecule has 0 aliphatic carbocycles. The molecule has 1 aromatic heterocycles. The van der Waals surface area contributed by atoms with Gasteiger partial charge in [0.15, 0.2) is 0 Å². The lowest BCUT2D eigenvalue weighted by atomic mass is 10.2. The van der Waals surface area contributed by atoms with Crippen LogP contribution in [0.1, 0.15) is 11.4 Å². The number of alkyl halides is 3. The molecular formula is C15H9F3N4O2. The number of aromatic nitrogens is 2. The van der Waals surface area contributed by atoms with Crippen LogP contribution in [0, 0.1) is 10.1 Å². The van der Waals surface area contributed by atoms with Crippen molar-refractivity contribution in [2.75, 3.05) is 0 Å². The molecule has 122 valence electrons. The highest BCUT2D eigenvalue weighted by Crippen LogP contribution is 2.29. The van der Waals surface area contributed by atoms with Gasteiger partial charge in [-0.25, -0.2) is 4.98 Å². The van der Waals surface area contributed by atoms with Crippen molar-refractivity contribution in [3.05, 3.63) is 64.0 Å². The molecule has 0 saturated carbocycles. The van der Waals surface area contributed by atoms with E-state index in [0.717, 1.165) is 0 Å². The number of halogens is 3. The normalized spacial score (nSPS) is 12.1. The number of benzene rings is 2. The van der Waals surface area contributed by atoms with Crippen LogP contribution >= 0.6 is 0 Å². The predicted molar refractivity (Wildman–Crippen MR) is 81.4 cm³/mol. The molecule has 3 aromatic rings. The number of H-pyrrole nitrogens is 1. The van der Waals surface area contributed by atoms with Crippen molar-refractivity contribution in [3.8, 4) is 0 Å². The summed E-state index contributed by atoms with van der Waals surface area (Å²) in [6, 6.07) is 10.1. The zero-order valence-electron chi connectivity index (χ0n) is 11.9. The van der Waals surface area contributed by atoms with Gasteiger partial charge >= 0.3 is 6.18 Å². The third-order valence-corrected chi connectivity index (χ3v) is 3.20. The summed E-state index contributed by atoms with van der Waals surface area (Å²) >= 11 is 0. The van der Waals surface area contributed by atoms with Crippen molar-refractivity contribution in [3.63, 3.8) is 0 Å². The van der Waals surface area contributed by atoms with Crippen LogP contribution in [0.5, 0.6) is 0 Å². The van der Waals surface area contributed by atoms with Crippen LogP contribution in [0.15, 0.2) is 47.5 Å². The number of nitrogens with one attached hydrogen (secondary N) is 1. The van der Waals surface area contributed by atoms with E-state index < -0.39 is 16.9 Å². The Kier molecular flexibility index (Phi) is 3.76. The van der Waals surface area contributed by atoms with Crippen LogP contribution in [0.3, 0.4) is 0 Å². The first-order valence-electron chi connectivity index (χ1n) is 6.68. The molecule has 6 nitrogen and oxygen atoms in total. The molecule has 0 aliphatic heterocycles. The minimum atomic E-state index is -4.54. The number of aromatic amines is 1. The van der Waals surface area contributed by atoms with Crippen LogP contribution < -0.4 is 0 Å². The summed E-state index contributed by atoms with van der Waals surface area (Å²) < 4.78 is 37.8. The molecule has 9 heteroatoms. The maximum absolute atomic E-state index is 12.6. The highest BCUT2D eigenvalue weighted by atomic mass is 19.4. The summed E-state index contributed by atoms with van der Waals surface area (Å²) in [6.45, 7) is 0. The molecule has 0 aliphatic rings. The summed E-state index contributed by atoms with van der Waals surface area (Å²) in [5, 5.41) is 10.6. The van der Waals surface area contributed by atoms with Gasteiger partial charge in [0, 0.05) is 18.3 Å². The molecule has 0 bridgehead atoms. The van der Waals surface area contributed by atoms with E-state index in [1.165, 1.54) is 48.7 Å². The second-order valence-corrected chi connectivity index (χ2v) is 4.89. The Morgan fingerprint density at radius 3 is 2.50 bits per heavy atom. The van der Waals surface area contributed by atoms with E-state index in [9.17, 15) is 23.3 Å². The smallest absolute Gasteiger partial charge is 0.334 e. The molecule has 24 heavy (non-hydrogen) atoms. The molecule has 0 atom stereocenters. The third-order valence-electron chi connectivity index (χ3n) is 3.20. The molecule has 0 spiro atoms. The first-order valence-corrected chi connectivity index (χ1v) is 6.68. The summed E-state index contributed by atoms with van der Waals surface area (Å²) in [6.07, 6.45) is -3.08. The second-order valence-electron chi connectivity index (χ2n) is 4.89. The lowest BCUT2D eigenvalue weighted by molar-refractivity contribution is -0.384. The van der Waals surface area contributed by atoms with Gasteiger partial charge in [0.25, 0.3) is 5.69 Å². The van der Waals surface area contributed by atoms with Gasteiger partial charge in [-0.1, -0.05) is 0 Å². The topological polar surface area (TPSA) is 84.2 Å². The Balaban J connectivity index is 1.85. The average Bonchev–Trinajstić information content (AvgIpc) is 2.97. The minimum Gasteiger partial charge on any atom is -0.334 e. The van der Waals surface area contributed by atoms with Gasteiger partial charge in [-0.05, 0) is 35.9 Å². The first-order chi connectivity index (χ1) is 11.3. The molecule has 3 rings (SSSR count). The number of imidazole rings is 1. The lowest BCUT2D eigenvalue weighted by Crippen LogP contribution is -2.06. The van der Waals surface area contributed by atoms with Crippen LogP contribution in [0.25, 0.3) is 11.0 Å². The number of nitrogens with zero attached hydrogens (tertiary/aromatic N) is 3.